The van der Waals surface area contributed by atoms with Gasteiger partial charge in [-0.3, -0.25) is 0 Å². The smallest absolute Gasteiger partial charge is 0.317 e. The average molecular weight is 230 g/mol. The maximum Gasteiger partial charge on any atom is 0.317 e. The zero-order valence-electron chi connectivity index (χ0n) is 8.95. The standard InChI is InChI=1S/C10H16ClN3O/c1-14(7-8-4-2-3-5-8)10-13-12-9(6-11)15-10/h8H,2-7H2,1H3. The molecule has 84 valence electrons. The Morgan fingerprint density at radius 1 is 1.40 bits per heavy atom. The lowest BCUT2D eigenvalue weighted by Crippen LogP contribution is -2.24. The monoisotopic (exact) mass is 229 g/mol. The number of rotatable bonds is 4. The minimum Gasteiger partial charge on any atom is -0.407 e. The molecule has 0 spiro atoms. The molecule has 1 aromatic heterocycles. The van der Waals surface area contributed by atoms with Gasteiger partial charge in [0, 0.05) is 13.6 Å². The fraction of sp³-hybridized carbons (Fsp3) is 0.800. The maximum absolute atomic E-state index is 5.60. The first kappa shape index (κ1) is 10.7. The van der Waals surface area contributed by atoms with Crippen LogP contribution in [0.2, 0.25) is 0 Å². The van der Waals surface area contributed by atoms with E-state index >= 15 is 0 Å². The van der Waals surface area contributed by atoms with Gasteiger partial charge in [0.2, 0.25) is 5.89 Å². The van der Waals surface area contributed by atoms with E-state index in [0.29, 0.717) is 11.9 Å². The van der Waals surface area contributed by atoms with Gasteiger partial charge in [0.1, 0.15) is 5.88 Å². The first-order chi connectivity index (χ1) is 7.29. The number of anilines is 1. The summed E-state index contributed by atoms with van der Waals surface area (Å²) in [6.45, 7) is 1.00. The molecule has 0 aliphatic heterocycles. The summed E-state index contributed by atoms with van der Waals surface area (Å²) in [7, 11) is 1.99. The van der Waals surface area contributed by atoms with Crippen LogP contribution in [-0.4, -0.2) is 23.8 Å². The summed E-state index contributed by atoms with van der Waals surface area (Å²) in [6.07, 6.45) is 5.35. The molecular formula is C10H16ClN3O. The third-order valence-electron chi connectivity index (χ3n) is 2.90. The molecule has 0 N–H and O–H groups in total. The summed E-state index contributed by atoms with van der Waals surface area (Å²) in [5.74, 6) is 1.55. The van der Waals surface area contributed by atoms with Crippen molar-refractivity contribution >= 4 is 17.6 Å². The van der Waals surface area contributed by atoms with Crippen LogP contribution in [0.15, 0.2) is 4.42 Å². The van der Waals surface area contributed by atoms with Crippen LogP contribution >= 0.6 is 11.6 Å². The average Bonchev–Trinajstić information content (AvgIpc) is 2.86. The predicted molar refractivity (Wildman–Crippen MR) is 59.1 cm³/mol. The lowest BCUT2D eigenvalue weighted by molar-refractivity contribution is 0.478. The van der Waals surface area contributed by atoms with Crippen LogP contribution in [0.25, 0.3) is 0 Å². The highest BCUT2D eigenvalue weighted by Gasteiger charge is 2.19. The van der Waals surface area contributed by atoms with Crippen molar-refractivity contribution in [3.05, 3.63) is 5.89 Å². The van der Waals surface area contributed by atoms with Crippen molar-refractivity contribution in [1.82, 2.24) is 10.2 Å². The highest BCUT2D eigenvalue weighted by Crippen LogP contribution is 2.26. The summed E-state index contributed by atoms with van der Waals surface area (Å²) in [4.78, 5) is 2.03. The Bertz CT molecular complexity index is 309. The molecule has 1 aromatic rings. The molecule has 5 heteroatoms. The maximum atomic E-state index is 5.60. The summed E-state index contributed by atoms with van der Waals surface area (Å²) in [5, 5.41) is 7.79. The topological polar surface area (TPSA) is 42.2 Å². The zero-order chi connectivity index (χ0) is 10.7. The Labute approximate surface area is 94.6 Å². The summed E-state index contributed by atoms with van der Waals surface area (Å²) in [6, 6.07) is 0.581. The molecule has 1 aliphatic carbocycles. The largest absolute Gasteiger partial charge is 0.407 e. The van der Waals surface area contributed by atoms with Gasteiger partial charge in [-0.15, -0.1) is 16.7 Å². The van der Waals surface area contributed by atoms with Crippen molar-refractivity contribution in [3.8, 4) is 0 Å². The molecule has 0 saturated heterocycles. The molecule has 1 fully saturated rings. The van der Waals surface area contributed by atoms with Crippen LogP contribution in [-0.2, 0) is 5.88 Å². The summed E-state index contributed by atoms with van der Waals surface area (Å²) in [5.41, 5.74) is 0. The van der Waals surface area contributed by atoms with Gasteiger partial charge in [0.15, 0.2) is 0 Å². The van der Waals surface area contributed by atoms with E-state index in [1.165, 1.54) is 25.7 Å². The van der Waals surface area contributed by atoms with Crippen LogP contribution < -0.4 is 4.90 Å². The molecule has 2 rings (SSSR count). The molecule has 0 atom stereocenters. The third kappa shape index (κ3) is 2.62. The third-order valence-corrected chi connectivity index (χ3v) is 3.13. The van der Waals surface area contributed by atoms with E-state index in [0.717, 1.165) is 12.5 Å². The molecule has 1 aliphatic rings. The number of aromatic nitrogens is 2. The van der Waals surface area contributed by atoms with Crippen molar-refractivity contribution in [3.63, 3.8) is 0 Å². The SMILES string of the molecule is CN(CC1CCCC1)c1nnc(CCl)o1. The lowest BCUT2D eigenvalue weighted by Gasteiger charge is -2.18. The van der Waals surface area contributed by atoms with Gasteiger partial charge in [-0.05, 0) is 18.8 Å². The van der Waals surface area contributed by atoms with Crippen molar-refractivity contribution in [2.75, 3.05) is 18.5 Å². The number of hydrogen-bond donors (Lipinski definition) is 0. The van der Waals surface area contributed by atoms with E-state index in [9.17, 15) is 0 Å². The van der Waals surface area contributed by atoms with Gasteiger partial charge in [-0.25, -0.2) is 0 Å². The molecule has 0 amide bonds. The van der Waals surface area contributed by atoms with E-state index in [1.54, 1.807) is 0 Å². The highest BCUT2D eigenvalue weighted by atomic mass is 35.5. The normalized spacial score (nSPS) is 17.2. The second-order valence-corrected chi connectivity index (χ2v) is 4.41. The Balaban J connectivity index is 1.91. The Morgan fingerprint density at radius 2 is 2.13 bits per heavy atom. The molecule has 0 unspecified atom stereocenters. The Morgan fingerprint density at radius 3 is 2.73 bits per heavy atom. The van der Waals surface area contributed by atoms with Gasteiger partial charge in [0.05, 0.1) is 0 Å². The summed E-state index contributed by atoms with van der Waals surface area (Å²) < 4.78 is 5.38. The van der Waals surface area contributed by atoms with Gasteiger partial charge in [-0.2, -0.15) is 0 Å². The quantitative estimate of drug-likeness (QED) is 0.744. The molecular weight excluding hydrogens is 214 g/mol. The number of hydrogen-bond acceptors (Lipinski definition) is 4. The zero-order valence-corrected chi connectivity index (χ0v) is 9.70. The van der Waals surface area contributed by atoms with E-state index in [-0.39, 0.29) is 5.88 Å². The van der Waals surface area contributed by atoms with Crippen molar-refractivity contribution < 1.29 is 4.42 Å². The van der Waals surface area contributed by atoms with Gasteiger partial charge >= 0.3 is 6.01 Å². The van der Waals surface area contributed by atoms with Crippen LogP contribution in [0.1, 0.15) is 31.6 Å². The van der Waals surface area contributed by atoms with Crippen molar-refractivity contribution in [1.29, 1.82) is 0 Å². The molecule has 1 heterocycles. The molecule has 15 heavy (non-hydrogen) atoms. The van der Waals surface area contributed by atoms with E-state index in [2.05, 4.69) is 10.2 Å². The predicted octanol–water partition coefficient (Wildman–Crippen LogP) is 2.43. The fourth-order valence-electron chi connectivity index (χ4n) is 2.11. The van der Waals surface area contributed by atoms with Crippen molar-refractivity contribution in [2.45, 2.75) is 31.6 Å². The van der Waals surface area contributed by atoms with Gasteiger partial charge in [0.25, 0.3) is 0 Å². The van der Waals surface area contributed by atoms with Crippen LogP contribution in [0, 0.1) is 5.92 Å². The van der Waals surface area contributed by atoms with Gasteiger partial charge < -0.3 is 9.32 Å². The van der Waals surface area contributed by atoms with Crippen molar-refractivity contribution in [2.24, 2.45) is 5.92 Å². The van der Waals surface area contributed by atoms with E-state index in [4.69, 9.17) is 16.0 Å². The van der Waals surface area contributed by atoms with Crippen LogP contribution in [0.4, 0.5) is 6.01 Å². The number of halogens is 1. The van der Waals surface area contributed by atoms with E-state index < -0.39 is 0 Å². The first-order valence-electron chi connectivity index (χ1n) is 5.39. The first-order valence-corrected chi connectivity index (χ1v) is 5.92. The van der Waals surface area contributed by atoms with Crippen LogP contribution in [0.5, 0.6) is 0 Å². The molecule has 4 nitrogen and oxygen atoms in total. The van der Waals surface area contributed by atoms with Gasteiger partial charge in [-0.1, -0.05) is 17.9 Å². The molecule has 0 aromatic carbocycles. The molecule has 1 saturated carbocycles. The second-order valence-electron chi connectivity index (χ2n) is 4.14. The second kappa shape index (κ2) is 4.84. The highest BCUT2D eigenvalue weighted by molar-refractivity contribution is 6.16. The Kier molecular flexibility index (Phi) is 3.46. The molecule has 0 bridgehead atoms. The lowest BCUT2D eigenvalue weighted by atomic mass is 10.1. The van der Waals surface area contributed by atoms with E-state index in [1.807, 2.05) is 11.9 Å². The van der Waals surface area contributed by atoms with Crippen LogP contribution in [0.3, 0.4) is 0 Å². The number of alkyl halides is 1. The molecule has 0 radical (unpaired) electrons. The number of nitrogens with zero attached hydrogens (tertiary/aromatic N) is 3. The summed E-state index contributed by atoms with van der Waals surface area (Å²) >= 11 is 5.60. The Hall–Kier alpha value is -0.770. The fourth-order valence-corrected chi connectivity index (χ4v) is 2.22. The minimum atomic E-state index is 0.282. The minimum absolute atomic E-state index is 0.282.